The number of nitrogens with one attached hydrogen (secondary N) is 8. The summed E-state index contributed by atoms with van der Waals surface area (Å²) in [6.07, 6.45) is 3.98. The first-order valence-corrected chi connectivity index (χ1v) is 22.8. The van der Waals surface area contributed by atoms with Crippen molar-refractivity contribution >= 4 is 77.8 Å². The molecule has 9 atom stereocenters. The highest BCUT2D eigenvalue weighted by Gasteiger charge is 2.43. The number of aliphatic hydroxyl groups excluding tert-OH is 1. The minimum Gasteiger partial charge on any atom is -0.481 e. The zero-order chi connectivity index (χ0) is 51.8. The van der Waals surface area contributed by atoms with E-state index in [2.05, 4.69) is 59.1 Å². The summed E-state index contributed by atoms with van der Waals surface area (Å²) in [4.78, 5) is 160. The molecule has 2 aromatic heterocycles. The second-order valence-corrected chi connectivity index (χ2v) is 17.3. The van der Waals surface area contributed by atoms with E-state index in [1.165, 1.54) is 29.9 Å². The van der Waals surface area contributed by atoms with E-state index in [4.69, 9.17) is 5.73 Å². The number of rotatable bonds is 26. The van der Waals surface area contributed by atoms with Crippen molar-refractivity contribution in [2.75, 3.05) is 25.4 Å². The second kappa shape index (κ2) is 26.0. The molecule has 0 radical (unpaired) electrons. The molecule has 0 saturated carbocycles. The highest BCUT2D eigenvalue weighted by molar-refractivity contribution is 7.80. The molecule has 0 bridgehead atoms. The SMILES string of the molecule is CC(C)[C@H](NC(=O)[C@@H]1CCCN1C(=O)[C@H](Cc1cnc[nH]1)NC(=O)[C@H](CC(=O)O)NC(=O)[C@@H](N)CS)C(=O)N[C@@H](Cc1cnc[nH]1)C(=O)N1CCC[C@H]1C(=O)N[C@@H](CC(=O)O)C(=O)N[C@@H](CO)C(=O)O. The minimum atomic E-state index is -1.81. The number of aromatic amines is 2. The van der Waals surface area contributed by atoms with Gasteiger partial charge in [-0.2, -0.15) is 12.6 Å². The number of aliphatic carboxylic acids is 3. The molecule has 28 nitrogen and oxygen atoms in total. The Bertz CT molecular complexity index is 2210. The van der Waals surface area contributed by atoms with Crippen molar-refractivity contribution in [2.24, 2.45) is 11.7 Å². The third-order valence-corrected chi connectivity index (χ3v) is 11.9. The second-order valence-electron chi connectivity index (χ2n) is 17.0. The molecule has 0 unspecified atom stereocenters. The summed E-state index contributed by atoms with van der Waals surface area (Å²) >= 11 is 3.96. The molecule has 29 heteroatoms. The molecule has 0 aliphatic carbocycles. The van der Waals surface area contributed by atoms with Gasteiger partial charge in [0.25, 0.3) is 0 Å². The molecular formula is C41H59N13O15S. The van der Waals surface area contributed by atoms with Gasteiger partial charge in [0, 0.05) is 55.5 Å². The fraction of sp³-hybridized carbons (Fsp3) is 0.585. The van der Waals surface area contributed by atoms with Gasteiger partial charge in [-0.15, -0.1) is 0 Å². The maximum Gasteiger partial charge on any atom is 0.328 e. The van der Waals surface area contributed by atoms with Gasteiger partial charge >= 0.3 is 17.9 Å². The van der Waals surface area contributed by atoms with E-state index in [1.807, 2.05) is 5.32 Å². The molecule has 0 aromatic carbocycles. The number of hydrogen-bond acceptors (Lipinski definition) is 16. The van der Waals surface area contributed by atoms with Crippen LogP contribution in [0.4, 0.5) is 0 Å². The van der Waals surface area contributed by atoms with Gasteiger partial charge in [-0.25, -0.2) is 14.8 Å². The smallest absolute Gasteiger partial charge is 0.328 e. The first-order valence-electron chi connectivity index (χ1n) is 22.2. The summed E-state index contributed by atoms with van der Waals surface area (Å²) < 4.78 is 0. The number of carboxylic acid groups (broad SMARTS) is 3. The first kappa shape index (κ1) is 55.5. The van der Waals surface area contributed by atoms with E-state index < -0.39 is 145 Å². The van der Waals surface area contributed by atoms with Crippen LogP contribution in [-0.4, -0.2) is 195 Å². The van der Waals surface area contributed by atoms with Crippen LogP contribution < -0.4 is 37.6 Å². The molecule has 384 valence electrons. The third-order valence-electron chi connectivity index (χ3n) is 11.5. The largest absolute Gasteiger partial charge is 0.481 e. The summed E-state index contributed by atoms with van der Waals surface area (Å²) in [6, 6.07) is -13.1. The summed E-state index contributed by atoms with van der Waals surface area (Å²) in [5.74, 6) is -12.5. The number of thiol groups is 1. The van der Waals surface area contributed by atoms with Crippen LogP contribution in [0, 0.1) is 5.92 Å². The van der Waals surface area contributed by atoms with E-state index in [1.54, 1.807) is 13.8 Å². The number of nitrogens with two attached hydrogens (primary N) is 1. The van der Waals surface area contributed by atoms with Gasteiger partial charge in [0.2, 0.25) is 47.3 Å². The summed E-state index contributed by atoms with van der Waals surface area (Å²) in [5, 5.41) is 51.9. The number of likely N-dealkylation sites (tertiary alicyclic amines) is 2. The van der Waals surface area contributed by atoms with E-state index in [0.717, 1.165) is 4.90 Å². The first-order chi connectivity index (χ1) is 33.1. The maximum absolute atomic E-state index is 14.4. The van der Waals surface area contributed by atoms with E-state index in [0.29, 0.717) is 17.8 Å². The lowest BCUT2D eigenvalue weighted by molar-refractivity contribution is -0.145. The molecule has 70 heavy (non-hydrogen) atoms. The number of imidazole rings is 2. The Hall–Kier alpha value is -7.14. The average molecular weight is 1010 g/mol. The normalized spacial score (nSPS) is 18.5. The monoisotopic (exact) mass is 1010 g/mol. The Morgan fingerprint density at radius 3 is 1.49 bits per heavy atom. The van der Waals surface area contributed by atoms with Crippen molar-refractivity contribution in [2.45, 2.75) is 120 Å². The lowest BCUT2D eigenvalue weighted by atomic mass is 10.0. The number of amides is 8. The highest BCUT2D eigenvalue weighted by Crippen LogP contribution is 2.22. The molecule has 2 aliphatic rings. The Morgan fingerprint density at radius 2 is 1.09 bits per heavy atom. The molecule has 2 aromatic rings. The van der Waals surface area contributed by atoms with Crippen LogP contribution in [0.3, 0.4) is 0 Å². The van der Waals surface area contributed by atoms with Crippen LogP contribution >= 0.6 is 12.6 Å². The van der Waals surface area contributed by atoms with Crippen LogP contribution in [0.25, 0.3) is 0 Å². The fourth-order valence-corrected chi connectivity index (χ4v) is 7.98. The van der Waals surface area contributed by atoms with E-state index in [-0.39, 0.29) is 50.9 Å². The molecule has 2 fully saturated rings. The van der Waals surface area contributed by atoms with Crippen molar-refractivity contribution in [1.29, 1.82) is 0 Å². The topological polar surface area (TPSA) is 431 Å². The Balaban J connectivity index is 1.53. The van der Waals surface area contributed by atoms with Gasteiger partial charge in [0.15, 0.2) is 0 Å². The Labute approximate surface area is 404 Å². The van der Waals surface area contributed by atoms with Crippen molar-refractivity contribution in [3.05, 3.63) is 36.4 Å². The number of nitrogens with zero attached hydrogens (tertiary/aromatic N) is 4. The molecule has 2 aliphatic heterocycles. The number of H-pyrrole nitrogens is 2. The maximum atomic E-state index is 14.4. The molecule has 0 spiro atoms. The number of carbonyl (C=O) groups excluding carboxylic acids is 8. The summed E-state index contributed by atoms with van der Waals surface area (Å²) in [7, 11) is 0. The molecule has 4 rings (SSSR count). The molecule has 8 amide bonds. The van der Waals surface area contributed by atoms with Gasteiger partial charge in [-0.05, 0) is 31.6 Å². The summed E-state index contributed by atoms with van der Waals surface area (Å²) in [6.45, 7) is 2.22. The Kier molecular flexibility index (Phi) is 20.6. The predicted octanol–water partition coefficient (Wildman–Crippen LogP) is -5.25. The van der Waals surface area contributed by atoms with Crippen molar-refractivity contribution in [1.82, 2.24) is 61.6 Å². The molecule has 2 saturated heterocycles. The van der Waals surface area contributed by atoms with Gasteiger partial charge in [0.1, 0.15) is 48.3 Å². The van der Waals surface area contributed by atoms with Crippen LogP contribution in [0.1, 0.15) is 63.8 Å². The lowest BCUT2D eigenvalue weighted by Gasteiger charge is -2.32. The van der Waals surface area contributed by atoms with Gasteiger partial charge in [0.05, 0.1) is 38.1 Å². The number of aromatic nitrogens is 4. The molecule has 4 heterocycles. The third kappa shape index (κ3) is 15.4. The van der Waals surface area contributed by atoms with E-state index in [9.17, 15) is 73.2 Å². The van der Waals surface area contributed by atoms with Crippen LogP contribution in [0.2, 0.25) is 0 Å². The number of carbonyl (C=O) groups is 11. The quantitative estimate of drug-likeness (QED) is 0.0392. The predicted molar refractivity (Wildman–Crippen MR) is 242 cm³/mol. The minimum absolute atomic E-state index is 0.00947. The van der Waals surface area contributed by atoms with E-state index >= 15 is 0 Å². The zero-order valence-corrected chi connectivity index (χ0v) is 39.1. The molecular weight excluding hydrogens is 947 g/mol. The number of carboxylic acids is 3. The van der Waals surface area contributed by atoms with Crippen molar-refractivity contribution in [3.8, 4) is 0 Å². The lowest BCUT2D eigenvalue weighted by Crippen LogP contribution is -2.61. The number of hydrogen-bond donors (Lipinski definition) is 14. The number of aliphatic hydroxyl groups is 1. The fourth-order valence-electron chi connectivity index (χ4n) is 7.81. The van der Waals surface area contributed by atoms with Crippen LogP contribution in [-0.2, 0) is 65.6 Å². The van der Waals surface area contributed by atoms with Gasteiger partial charge < -0.3 is 77.8 Å². The average Bonchev–Trinajstić information content (AvgIpc) is 4.17. The Morgan fingerprint density at radius 1 is 0.657 bits per heavy atom. The molecule has 14 N–H and O–H groups in total. The van der Waals surface area contributed by atoms with Crippen molar-refractivity contribution in [3.63, 3.8) is 0 Å². The standard InChI is InChI=1S/C41H59N13O15S/c1-19(2)32(52-37(64)29-6-4-8-54(29)39(66)25(9-20-13-43-17-45-20)49-34(61)23(11-30(56)57)47-33(60)22(42)16-70)38(65)50-26(10-21-14-44-18-46-21)40(67)53-7-3-5-28(53)36(63)48-24(12-31(58)59)35(62)51-27(15-55)41(68)69/h13-14,17-19,22-29,32,55,70H,3-12,15-16,42H2,1-2H3,(H,43,45)(H,44,46)(H,47,60)(H,48,63)(H,49,61)(H,50,65)(H,51,62)(H,52,64)(H,56,57)(H,58,59)(H,68,69)/t22-,23-,24-,25-,26-,27-,28-,29-,32-/m0/s1. The van der Waals surface area contributed by atoms with Crippen LogP contribution in [0.5, 0.6) is 0 Å². The summed E-state index contributed by atoms with van der Waals surface area (Å²) in [5.41, 5.74) is 6.48. The van der Waals surface area contributed by atoms with Crippen LogP contribution in [0.15, 0.2) is 25.0 Å². The van der Waals surface area contributed by atoms with Gasteiger partial charge in [-0.1, -0.05) is 13.8 Å². The zero-order valence-electron chi connectivity index (χ0n) is 38.2. The van der Waals surface area contributed by atoms with Crippen molar-refractivity contribution < 1.29 is 73.2 Å². The highest BCUT2D eigenvalue weighted by atomic mass is 32.1. The van der Waals surface area contributed by atoms with Gasteiger partial charge in [-0.3, -0.25) is 47.9 Å².